The zero-order chi connectivity index (χ0) is 19.5. The van der Waals surface area contributed by atoms with Crippen molar-refractivity contribution in [1.82, 2.24) is 9.80 Å². The van der Waals surface area contributed by atoms with Crippen molar-refractivity contribution in [2.24, 2.45) is 0 Å². The first-order valence-corrected chi connectivity index (χ1v) is 10.3. The number of anilines is 2. The molecule has 2 aliphatic rings. The van der Waals surface area contributed by atoms with Gasteiger partial charge in [0.2, 0.25) is 5.91 Å². The number of hydrogen-bond acceptors (Lipinski definition) is 4. The van der Waals surface area contributed by atoms with Gasteiger partial charge in [0.05, 0.1) is 6.54 Å². The maximum absolute atomic E-state index is 12.9. The Hall–Kier alpha value is -2.53. The topological polar surface area (TPSA) is 52.8 Å². The van der Waals surface area contributed by atoms with Gasteiger partial charge in [-0.05, 0) is 43.0 Å². The van der Waals surface area contributed by atoms with E-state index in [1.54, 1.807) is 0 Å². The maximum Gasteiger partial charge on any atom is 0.242 e. The average molecular weight is 379 g/mol. The number of amides is 1. The molecule has 28 heavy (non-hydrogen) atoms. The summed E-state index contributed by atoms with van der Waals surface area (Å²) in [6, 6.07) is 14.7. The number of nitrogens with zero attached hydrogens (tertiary/aromatic N) is 3. The van der Waals surface area contributed by atoms with E-state index in [2.05, 4.69) is 47.1 Å². The van der Waals surface area contributed by atoms with E-state index < -0.39 is 0 Å². The van der Waals surface area contributed by atoms with Gasteiger partial charge in [-0.25, -0.2) is 0 Å². The van der Waals surface area contributed by atoms with Crippen LogP contribution in [0.25, 0.3) is 0 Å². The van der Waals surface area contributed by atoms with Gasteiger partial charge in [0, 0.05) is 50.6 Å². The van der Waals surface area contributed by atoms with Crippen LogP contribution in [-0.2, 0) is 17.8 Å². The summed E-state index contributed by atoms with van der Waals surface area (Å²) < 4.78 is 0. The fourth-order valence-electron chi connectivity index (χ4n) is 4.38. The Bertz CT molecular complexity index is 842. The fraction of sp³-hybridized carbons (Fsp3) is 0.435. The molecule has 1 fully saturated rings. The molecule has 0 atom stereocenters. The predicted octanol–water partition coefficient (Wildman–Crippen LogP) is 2.67. The number of aryl methyl sites for hydroxylation is 1. The van der Waals surface area contributed by atoms with E-state index in [1.807, 2.05) is 17.0 Å². The first-order chi connectivity index (χ1) is 13.6. The normalized spacial score (nSPS) is 17.5. The second-order valence-electron chi connectivity index (χ2n) is 8.02. The van der Waals surface area contributed by atoms with Crippen molar-refractivity contribution in [3.05, 3.63) is 59.2 Å². The summed E-state index contributed by atoms with van der Waals surface area (Å²) >= 11 is 0. The third kappa shape index (κ3) is 4.14. The molecule has 2 aromatic rings. The van der Waals surface area contributed by atoms with Gasteiger partial charge in [0.25, 0.3) is 0 Å². The fourth-order valence-corrected chi connectivity index (χ4v) is 4.38. The van der Waals surface area contributed by atoms with Crippen LogP contribution in [0.5, 0.6) is 0 Å². The van der Waals surface area contributed by atoms with Gasteiger partial charge in [-0.15, -0.1) is 0 Å². The summed E-state index contributed by atoms with van der Waals surface area (Å²) in [5, 5.41) is 0. The molecule has 148 valence electrons. The Labute approximate surface area is 167 Å². The first kappa shape index (κ1) is 18.8. The lowest BCUT2D eigenvalue weighted by molar-refractivity contribution is -0.131. The SMILES string of the molecule is Cc1cccc(CN2CCN(C(=O)CN3CCCc4c(N)cccc43)CC2)c1. The van der Waals surface area contributed by atoms with Crippen LogP contribution in [0.15, 0.2) is 42.5 Å². The molecule has 1 saturated heterocycles. The number of fused-ring (bicyclic) bond motifs is 1. The third-order valence-corrected chi connectivity index (χ3v) is 5.92. The lowest BCUT2D eigenvalue weighted by atomic mass is 10.00. The summed E-state index contributed by atoms with van der Waals surface area (Å²) in [6.45, 7) is 7.95. The van der Waals surface area contributed by atoms with E-state index in [9.17, 15) is 4.79 Å². The first-order valence-electron chi connectivity index (χ1n) is 10.3. The predicted molar refractivity (Wildman–Crippen MR) is 114 cm³/mol. The zero-order valence-electron chi connectivity index (χ0n) is 16.7. The van der Waals surface area contributed by atoms with Gasteiger partial charge >= 0.3 is 0 Å². The Kier molecular flexibility index (Phi) is 5.53. The Morgan fingerprint density at radius 2 is 1.82 bits per heavy atom. The standard InChI is InChI=1S/C23H30N4O/c1-18-5-2-6-19(15-18)16-25-11-13-26(14-12-25)23(28)17-27-10-4-7-20-21(24)8-3-9-22(20)27/h2-3,5-6,8-9,15H,4,7,10-14,16-17,24H2,1H3. The highest BCUT2D eigenvalue weighted by Gasteiger charge is 2.25. The molecule has 4 rings (SSSR count). The molecule has 0 aliphatic carbocycles. The van der Waals surface area contributed by atoms with E-state index >= 15 is 0 Å². The smallest absolute Gasteiger partial charge is 0.242 e. The molecule has 0 aromatic heterocycles. The van der Waals surface area contributed by atoms with Crippen LogP contribution in [0.4, 0.5) is 11.4 Å². The minimum Gasteiger partial charge on any atom is -0.398 e. The number of hydrogen-bond donors (Lipinski definition) is 1. The van der Waals surface area contributed by atoms with E-state index in [1.165, 1.54) is 16.7 Å². The molecule has 0 bridgehead atoms. The molecule has 5 nitrogen and oxygen atoms in total. The molecule has 0 saturated carbocycles. The molecule has 2 heterocycles. The molecular weight excluding hydrogens is 348 g/mol. The Balaban J connectivity index is 1.32. The van der Waals surface area contributed by atoms with Gasteiger partial charge in [0.15, 0.2) is 0 Å². The monoisotopic (exact) mass is 378 g/mol. The summed E-state index contributed by atoms with van der Waals surface area (Å²) in [7, 11) is 0. The van der Waals surface area contributed by atoms with Crippen LogP contribution in [0.2, 0.25) is 0 Å². The summed E-state index contributed by atoms with van der Waals surface area (Å²) in [5.41, 5.74) is 12.0. The van der Waals surface area contributed by atoms with Crippen LogP contribution >= 0.6 is 0 Å². The lowest BCUT2D eigenvalue weighted by Gasteiger charge is -2.37. The lowest BCUT2D eigenvalue weighted by Crippen LogP contribution is -2.51. The van der Waals surface area contributed by atoms with Crippen LogP contribution in [0, 0.1) is 6.92 Å². The van der Waals surface area contributed by atoms with E-state index in [-0.39, 0.29) is 5.91 Å². The van der Waals surface area contributed by atoms with Crippen molar-refractivity contribution in [3.8, 4) is 0 Å². The number of rotatable bonds is 4. The molecule has 2 aromatic carbocycles. The van der Waals surface area contributed by atoms with Crippen LogP contribution in [0.3, 0.4) is 0 Å². The van der Waals surface area contributed by atoms with Crippen molar-refractivity contribution in [3.63, 3.8) is 0 Å². The second kappa shape index (κ2) is 8.23. The number of benzene rings is 2. The van der Waals surface area contributed by atoms with E-state index in [0.717, 1.165) is 63.5 Å². The number of piperazine rings is 1. The highest BCUT2D eigenvalue weighted by Crippen LogP contribution is 2.31. The highest BCUT2D eigenvalue weighted by molar-refractivity contribution is 5.83. The minimum absolute atomic E-state index is 0.227. The number of carbonyl (C=O) groups is 1. The Morgan fingerprint density at radius 1 is 1.04 bits per heavy atom. The Morgan fingerprint density at radius 3 is 2.61 bits per heavy atom. The van der Waals surface area contributed by atoms with Gasteiger partial charge in [-0.1, -0.05) is 35.9 Å². The number of nitrogen functional groups attached to an aromatic ring is 1. The van der Waals surface area contributed by atoms with Crippen molar-refractivity contribution in [2.75, 3.05) is 49.9 Å². The molecule has 1 amide bonds. The molecule has 0 unspecified atom stereocenters. The molecule has 0 radical (unpaired) electrons. The minimum atomic E-state index is 0.227. The maximum atomic E-state index is 12.9. The quantitative estimate of drug-likeness (QED) is 0.831. The summed E-state index contributed by atoms with van der Waals surface area (Å²) in [4.78, 5) is 19.6. The molecular formula is C23H30N4O. The summed E-state index contributed by atoms with van der Waals surface area (Å²) in [5.74, 6) is 0.227. The van der Waals surface area contributed by atoms with Crippen LogP contribution < -0.4 is 10.6 Å². The van der Waals surface area contributed by atoms with Gasteiger partial charge in [-0.2, -0.15) is 0 Å². The van der Waals surface area contributed by atoms with Crippen LogP contribution in [0.1, 0.15) is 23.1 Å². The zero-order valence-corrected chi connectivity index (χ0v) is 16.7. The molecule has 2 N–H and O–H groups in total. The van der Waals surface area contributed by atoms with Crippen molar-refractivity contribution >= 4 is 17.3 Å². The van der Waals surface area contributed by atoms with Crippen molar-refractivity contribution in [1.29, 1.82) is 0 Å². The van der Waals surface area contributed by atoms with Gasteiger partial charge in [0.1, 0.15) is 0 Å². The number of nitrogens with two attached hydrogens (primary N) is 1. The van der Waals surface area contributed by atoms with E-state index in [0.29, 0.717) is 6.54 Å². The van der Waals surface area contributed by atoms with Crippen molar-refractivity contribution in [2.45, 2.75) is 26.3 Å². The number of carbonyl (C=O) groups excluding carboxylic acids is 1. The molecule has 2 aliphatic heterocycles. The van der Waals surface area contributed by atoms with Crippen LogP contribution in [-0.4, -0.2) is 55.0 Å². The summed E-state index contributed by atoms with van der Waals surface area (Å²) in [6.07, 6.45) is 2.06. The third-order valence-electron chi connectivity index (χ3n) is 5.92. The van der Waals surface area contributed by atoms with E-state index in [4.69, 9.17) is 5.73 Å². The largest absolute Gasteiger partial charge is 0.398 e. The molecule has 0 spiro atoms. The van der Waals surface area contributed by atoms with Gasteiger partial charge in [-0.3, -0.25) is 9.69 Å². The second-order valence-corrected chi connectivity index (χ2v) is 8.02. The molecule has 5 heteroatoms. The highest BCUT2D eigenvalue weighted by atomic mass is 16.2. The average Bonchev–Trinajstić information content (AvgIpc) is 2.69. The van der Waals surface area contributed by atoms with Crippen molar-refractivity contribution < 1.29 is 4.79 Å². The van der Waals surface area contributed by atoms with Gasteiger partial charge < -0.3 is 15.5 Å².